The lowest BCUT2D eigenvalue weighted by Crippen LogP contribution is -2.15. The predicted octanol–water partition coefficient (Wildman–Crippen LogP) is 3.76. The fourth-order valence-corrected chi connectivity index (χ4v) is 2.28. The smallest absolute Gasteiger partial charge is 0.337 e. The molecule has 0 aromatic heterocycles. The average molecular weight is 371 g/mol. The Kier molecular flexibility index (Phi) is 4.50. The monoisotopic (exact) mass is 369 g/mol. The van der Waals surface area contributed by atoms with Gasteiger partial charge in [0.1, 0.15) is 5.75 Å². The highest BCUT2D eigenvalue weighted by molar-refractivity contribution is 9.10. The van der Waals surface area contributed by atoms with Gasteiger partial charge in [-0.2, -0.15) is 0 Å². The SMILES string of the molecule is O=C(Nc1c(Cl)cccc1C(=O)O)c1cc(Br)ccc1O. The van der Waals surface area contributed by atoms with Crippen LogP contribution in [0, 0.1) is 0 Å². The molecule has 108 valence electrons. The molecule has 0 radical (unpaired) electrons. The summed E-state index contributed by atoms with van der Waals surface area (Å²) in [5, 5.41) is 21.3. The van der Waals surface area contributed by atoms with Gasteiger partial charge in [0.15, 0.2) is 0 Å². The van der Waals surface area contributed by atoms with Gasteiger partial charge in [-0.25, -0.2) is 4.79 Å². The van der Waals surface area contributed by atoms with Crippen molar-refractivity contribution in [3.05, 3.63) is 57.0 Å². The van der Waals surface area contributed by atoms with E-state index >= 15 is 0 Å². The molecule has 0 bridgehead atoms. The molecule has 21 heavy (non-hydrogen) atoms. The van der Waals surface area contributed by atoms with E-state index in [-0.39, 0.29) is 27.6 Å². The Morgan fingerprint density at radius 2 is 1.86 bits per heavy atom. The van der Waals surface area contributed by atoms with Gasteiger partial charge < -0.3 is 15.5 Å². The Morgan fingerprint density at radius 1 is 1.14 bits per heavy atom. The number of amides is 1. The number of carboxylic acids is 1. The highest BCUT2D eigenvalue weighted by atomic mass is 79.9. The number of benzene rings is 2. The van der Waals surface area contributed by atoms with E-state index < -0.39 is 11.9 Å². The molecule has 1 amide bonds. The van der Waals surface area contributed by atoms with E-state index in [0.717, 1.165) is 0 Å². The van der Waals surface area contributed by atoms with Crippen molar-refractivity contribution in [3.8, 4) is 5.75 Å². The zero-order chi connectivity index (χ0) is 15.6. The maximum Gasteiger partial charge on any atom is 0.337 e. The Balaban J connectivity index is 2.41. The number of carbonyl (C=O) groups excluding carboxylic acids is 1. The van der Waals surface area contributed by atoms with Crippen LogP contribution in [0.25, 0.3) is 0 Å². The summed E-state index contributed by atoms with van der Waals surface area (Å²) in [6, 6.07) is 8.60. The third-order valence-corrected chi connectivity index (χ3v) is 3.49. The molecule has 0 heterocycles. The number of phenolic OH excluding ortho intramolecular Hbond substituents is 1. The molecule has 0 saturated carbocycles. The van der Waals surface area contributed by atoms with Crippen molar-refractivity contribution < 1.29 is 19.8 Å². The number of carbonyl (C=O) groups is 2. The molecule has 0 atom stereocenters. The second kappa shape index (κ2) is 6.15. The highest BCUT2D eigenvalue weighted by Crippen LogP contribution is 2.28. The van der Waals surface area contributed by atoms with Gasteiger partial charge in [-0.05, 0) is 30.3 Å². The predicted molar refractivity (Wildman–Crippen MR) is 82.2 cm³/mol. The molecule has 0 aliphatic carbocycles. The van der Waals surface area contributed by atoms with E-state index in [1.807, 2.05) is 0 Å². The quantitative estimate of drug-likeness (QED) is 0.768. The lowest BCUT2D eigenvalue weighted by Gasteiger charge is -2.11. The molecule has 2 aromatic carbocycles. The Hall–Kier alpha value is -2.05. The number of aromatic carboxylic acids is 1. The number of rotatable bonds is 3. The maximum atomic E-state index is 12.2. The third kappa shape index (κ3) is 3.34. The summed E-state index contributed by atoms with van der Waals surface area (Å²) >= 11 is 9.12. The van der Waals surface area contributed by atoms with Crippen LogP contribution in [-0.4, -0.2) is 22.1 Å². The number of phenols is 1. The third-order valence-electron chi connectivity index (χ3n) is 2.69. The highest BCUT2D eigenvalue weighted by Gasteiger charge is 2.18. The normalized spacial score (nSPS) is 10.2. The Labute approximate surface area is 133 Å². The van der Waals surface area contributed by atoms with Crippen LogP contribution < -0.4 is 5.32 Å². The van der Waals surface area contributed by atoms with E-state index in [1.54, 1.807) is 6.07 Å². The first-order chi connectivity index (χ1) is 9.90. The number of aromatic hydroxyl groups is 1. The number of para-hydroxylation sites is 1. The van der Waals surface area contributed by atoms with Crippen molar-refractivity contribution in [1.29, 1.82) is 0 Å². The van der Waals surface area contributed by atoms with Crippen molar-refractivity contribution in [1.82, 2.24) is 0 Å². The van der Waals surface area contributed by atoms with E-state index in [2.05, 4.69) is 21.2 Å². The van der Waals surface area contributed by atoms with Crippen LogP contribution in [0.15, 0.2) is 40.9 Å². The van der Waals surface area contributed by atoms with Gasteiger partial charge in [0.2, 0.25) is 0 Å². The molecule has 0 unspecified atom stereocenters. The fourth-order valence-electron chi connectivity index (χ4n) is 1.70. The van der Waals surface area contributed by atoms with Gasteiger partial charge >= 0.3 is 5.97 Å². The molecular formula is C14H9BrClNO4. The van der Waals surface area contributed by atoms with Crippen molar-refractivity contribution in [2.75, 3.05) is 5.32 Å². The Bertz CT molecular complexity index is 733. The van der Waals surface area contributed by atoms with Gasteiger partial charge in [-0.3, -0.25) is 4.79 Å². The minimum atomic E-state index is -1.22. The fraction of sp³-hybridized carbons (Fsp3) is 0. The standard InChI is InChI=1S/C14H9BrClNO4/c15-7-4-5-11(18)9(6-7)13(19)17-12-8(14(20)21)2-1-3-10(12)16/h1-6,18H,(H,17,19)(H,20,21). The van der Waals surface area contributed by atoms with Gasteiger partial charge in [0.25, 0.3) is 5.91 Å². The molecule has 2 aromatic rings. The summed E-state index contributed by atoms with van der Waals surface area (Å²) in [5.74, 6) is -2.10. The summed E-state index contributed by atoms with van der Waals surface area (Å²) in [6.07, 6.45) is 0. The first kappa shape index (κ1) is 15.3. The number of hydrogen-bond acceptors (Lipinski definition) is 3. The summed E-state index contributed by atoms with van der Waals surface area (Å²) in [6.45, 7) is 0. The van der Waals surface area contributed by atoms with Crippen LogP contribution in [0.1, 0.15) is 20.7 Å². The minimum absolute atomic E-state index is 0.000587. The number of halogens is 2. The molecular weight excluding hydrogens is 362 g/mol. The summed E-state index contributed by atoms with van der Waals surface area (Å²) in [5.41, 5.74) is -0.151. The van der Waals surface area contributed by atoms with Crippen LogP contribution in [-0.2, 0) is 0 Å². The molecule has 3 N–H and O–H groups in total. The van der Waals surface area contributed by atoms with Gasteiger partial charge in [-0.15, -0.1) is 0 Å². The maximum absolute atomic E-state index is 12.2. The number of anilines is 1. The molecule has 0 saturated heterocycles. The zero-order valence-corrected chi connectivity index (χ0v) is 12.8. The van der Waals surface area contributed by atoms with Crippen molar-refractivity contribution >= 4 is 45.1 Å². The number of carboxylic acid groups (broad SMARTS) is 1. The summed E-state index contributed by atoms with van der Waals surface area (Å²) in [7, 11) is 0. The minimum Gasteiger partial charge on any atom is -0.507 e. The second-order valence-corrected chi connectivity index (χ2v) is 5.41. The van der Waals surface area contributed by atoms with Crippen LogP contribution in [0.4, 0.5) is 5.69 Å². The van der Waals surface area contributed by atoms with Crippen molar-refractivity contribution in [2.45, 2.75) is 0 Å². The first-order valence-electron chi connectivity index (χ1n) is 5.72. The first-order valence-corrected chi connectivity index (χ1v) is 6.89. The van der Waals surface area contributed by atoms with Gasteiger partial charge in [-0.1, -0.05) is 33.6 Å². The van der Waals surface area contributed by atoms with E-state index in [9.17, 15) is 14.7 Å². The molecule has 2 rings (SSSR count). The molecule has 0 aliphatic heterocycles. The van der Waals surface area contributed by atoms with E-state index in [4.69, 9.17) is 16.7 Å². The largest absolute Gasteiger partial charge is 0.507 e. The van der Waals surface area contributed by atoms with Crippen molar-refractivity contribution in [2.24, 2.45) is 0 Å². The summed E-state index contributed by atoms with van der Waals surface area (Å²) in [4.78, 5) is 23.3. The van der Waals surface area contributed by atoms with Crippen LogP contribution in [0.3, 0.4) is 0 Å². The van der Waals surface area contributed by atoms with Crippen LogP contribution in [0.2, 0.25) is 5.02 Å². The second-order valence-electron chi connectivity index (χ2n) is 4.08. The van der Waals surface area contributed by atoms with E-state index in [1.165, 1.54) is 30.3 Å². The molecule has 0 spiro atoms. The topological polar surface area (TPSA) is 86.6 Å². The van der Waals surface area contributed by atoms with Crippen LogP contribution >= 0.6 is 27.5 Å². The number of hydrogen-bond donors (Lipinski definition) is 3. The van der Waals surface area contributed by atoms with Gasteiger partial charge in [0, 0.05) is 4.47 Å². The molecule has 0 aliphatic rings. The molecule has 0 fully saturated rings. The van der Waals surface area contributed by atoms with E-state index in [0.29, 0.717) is 4.47 Å². The van der Waals surface area contributed by atoms with Crippen molar-refractivity contribution in [3.63, 3.8) is 0 Å². The Morgan fingerprint density at radius 3 is 2.52 bits per heavy atom. The lowest BCUT2D eigenvalue weighted by atomic mass is 10.1. The average Bonchev–Trinajstić information content (AvgIpc) is 2.43. The van der Waals surface area contributed by atoms with Crippen LogP contribution in [0.5, 0.6) is 5.75 Å². The van der Waals surface area contributed by atoms with Gasteiger partial charge in [0.05, 0.1) is 21.8 Å². The molecule has 5 nitrogen and oxygen atoms in total. The zero-order valence-electron chi connectivity index (χ0n) is 10.4. The summed E-state index contributed by atoms with van der Waals surface area (Å²) < 4.78 is 0.600. The lowest BCUT2D eigenvalue weighted by molar-refractivity contribution is 0.0698. The number of nitrogens with one attached hydrogen (secondary N) is 1. The molecule has 7 heteroatoms.